The maximum absolute atomic E-state index is 13.3. The summed E-state index contributed by atoms with van der Waals surface area (Å²) in [5, 5.41) is 0.0243. The van der Waals surface area contributed by atoms with Crippen LogP contribution in [-0.4, -0.2) is 29.2 Å². The topological polar surface area (TPSA) is 39.9 Å². The molecule has 0 atom stereocenters. The molecule has 0 radical (unpaired) electrons. The van der Waals surface area contributed by atoms with E-state index in [9.17, 15) is 13.2 Å². The minimum atomic E-state index is -4.52. The number of ether oxygens (including phenoxy) is 1. The zero-order chi connectivity index (χ0) is 18.4. The number of alkyl halides is 3. The third-order valence-corrected chi connectivity index (χ3v) is 6.20. The minimum Gasteiger partial charge on any atom is -0.361 e. The summed E-state index contributed by atoms with van der Waals surface area (Å²) < 4.78 is 47.3. The van der Waals surface area contributed by atoms with Gasteiger partial charge in [-0.25, -0.2) is 9.97 Å². The number of hydrogen-bond acceptors (Lipinski definition) is 3. The lowest BCUT2D eigenvalue weighted by atomic mass is 10.2. The number of imidazole rings is 1. The molecule has 0 unspecified atom stereocenters. The van der Waals surface area contributed by atoms with Crippen LogP contribution in [0.4, 0.5) is 13.2 Å². The third-order valence-electron chi connectivity index (χ3n) is 4.22. The first kappa shape index (κ1) is 18.7. The van der Waals surface area contributed by atoms with Crippen molar-refractivity contribution >= 4 is 30.7 Å². The average Bonchev–Trinajstić information content (AvgIpc) is 3.23. The van der Waals surface area contributed by atoms with E-state index in [0.29, 0.717) is 12.4 Å². The van der Waals surface area contributed by atoms with E-state index in [1.54, 1.807) is 4.57 Å². The van der Waals surface area contributed by atoms with Crippen LogP contribution in [0.1, 0.15) is 30.1 Å². The van der Waals surface area contributed by atoms with Crippen LogP contribution in [0.2, 0.25) is 30.8 Å². The molecule has 3 rings (SSSR count). The number of halogens is 4. The SMILES string of the molecule is C[Si](C)(C)CCOCn1c(C2CC2)nc2c(C(F)(F)F)cnc(Cl)c21. The second-order valence-corrected chi connectivity index (χ2v) is 13.7. The van der Waals surface area contributed by atoms with Crippen molar-refractivity contribution in [3.8, 4) is 0 Å². The van der Waals surface area contributed by atoms with E-state index in [-0.39, 0.29) is 28.8 Å². The molecule has 2 heterocycles. The Kier molecular flexibility index (Phi) is 4.89. The number of rotatable bonds is 6. The Morgan fingerprint density at radius 3 is 2.56 bits per heavy atom. The highest BCUT2D eigenvalue weighted by molar-refractivity contribution is 6.76. The maximum Gasteiger partial charge on any atom is 0.420 e. The summed E-state index contributed by atoms with van der Waals surface area (Å²) >= 11 is 6.12. The van der Waals surface area contributed by atoms with Gasteiger partial charge in [-0.3, -0.25) is 0 Å². The Balaban J connectivity index is 1.97. The molecule has 0 spiro atoms. The fourth-order valence-corrected chi connectivity index (χ4v) is 3.63. The molecule has 1 aliphatic carbocycles. The van der Waals surface area contributed by atoms with Gasteiger partial charge in [0.1, 0.15) is 29.2 Å². The highest BCUT2D eigenvalue weighted by Gasteiger charge is 2.38. The van der Waals surface area contributed by atoms with Crippen molar-refractivity contribution in [2.75, 3.05) is 6.61 Å². The molecule has 1 aliphatic rings. The fourth-order valence-electron chi connectivity index (χ4n) is 2.64. The minimum absolute atomic E-state index is 0.0243. The molecule has 0 aromatic carbocycles. The Morgan fingerprint density at radius 2 is 2.00 bits per heavy atom. The summed E-state index contributed by atoms with van der Waals surface area (Å²) in [6, 6.07) is 0.984. The van der Waals surface area contributed by atoms with Crippen LogP contribution in [0, 0.1) is 0 Å². The molecular weight excluding hydrogens is 371 g/mol. The van der Waals surface area contributed by atoms with Gasteiger partial charge >= 0.3 is 6.18 Å². The molecule has 0 bridgehead atoms. The normalized spacial score (nSPS) is 16.0. The molecule has 0 N–H and O–H groups in total. The standard InChI is InChI=1S/C16H21ClF3N3OSi/c1-25(2,3)7-6-24-9-23-13-12(22-15(23)10-4-5-10)11(16(18,19)20)8-21-14(13)17/h8,10H,4-7,9H2,1-3H3. The van der Waals surface area contributed by atoms with E-state index in [1.165, 1.54) is 0 Å². The second-order valence-electron chi connectivity index (χ2n) is 7.68. The van der Waals surface area contributed by atoms with Gasteiger partial charge < -0.3 is 9.30 Å². The fraction of sp³-hybridized carbons (Fsp3) is 0.625. The molecule has 25 heavy (non-hydrogen) atoms. The zero-order valence-electron chi connectivity index (χ0n) is 14.5. The van der Waals surface area contributed by atoms with Crippen LogP contribution in [0.3, 0.4) is 0 Å². The molecule has 2 aromatic rings. The number of hydrogen-bond donors (Lipinski definition) is 0. The third kappa shape index (κ3) is 4.17. The van der Waals surface area contributed by atoms with Crippen LogP contribution in [-0.2, 0) is 17.6 Å². The second kappa shape index (κ2) is 6.55. The molecule has 0 saturated heterocycles. The van der Waals surface area contributed by atoms with E-state index in [1.807, 2.05) is 0 Å². The smallest absolute Gasteiger partial charge is 0.361 e. The molecule has 1 saturated carbocycles. The number of pyridine rings is 1. The van der Waals surface area contributed by atoms with E-state index >= 15 is 0 Å². The van der Waals surface area contributed by atoms with E-state index < -0.39 is 19.8 Å². The largest absolute Gasteiger partial charge is 0.420 e. The average molecular weight is 392 g/mol. The van der Waals surface area contributed by atoms with E-state index in [2.05, 4.69) is 29.6 Å². The van der Waals surface area contributed by atoms with E-state index in [0.717, 1.165) is 25.1 Å². The van der Waals surface area contributed by atoms with Crippen LogP contribution in [0.5, 0.6) is 0 Å². The first-order chi connectivity index (χ1) is 11.6. The predicted molar refractivity (Wildman–Crippen MR) is 93.6 cm³/mol. The quantitative estimate of drug-likeness (QED) is 0.381. The molecule has 0 aliphatic heterocycles. The number of nitrogens with zero attached hydrogens (tertiary/aromatic N) is 3. The molecule has 1 fully saturated rings. The number of fused-ring (bicyclic) bond motifs is 1. The summed E-state index contributed by atoms with van der Waals surface area (Å²) in [7, 11) is -1.24. The predicted octanol–water partition coefficient (Wildman–Crippen LogP) is 5.29. The van der Waals surface area contributed by atoms with Crippen molar-refractivity contribution in [3.63, 3.8) is 0 Å². The zero-order valence-corrected chi connectivity index (χ0v) is 16.2. The monoisotopic (exact) mass is 391 g/mol. The van der Waals surface area contributed by atoms with Gasteiger partial charge in [0.05, 0.1) is 0 Å². The first-order valence-electron chi connectivity index (χ1n) is 8.27. The van der Waals surface area contributed by atoms with Crippen molar-refractivity contribution in [1.29, 1.82) is 0 Å². The number of aromatic nitrogens is 3. The van der Waals surface area contributed by atoms with Gasteiger partial charge in [-0.2, -0.15) is 13.2 Å². The van der Waals surface area contributed by atoms with Gasteiger partial charge in [0.2, 0.25) is 0 Å². The van der Waals surface area contributed by atoms with Gasteiger partial charge in [0, 0.05) is 26.8 Å². The lowest BCUT2D eigenvalue weighted by Gasteiger charge is -2.16. The molecule has 138 valence electrons. The highest BCUT2D eigenvalue weighted by atomic mass is 35.5. The van der Waals surface area contributed by atoms with Crippen molar-refractivity contribution in [2.24, 2.45) is 0 Å². The Bertz CT molecular complexity index is 781. The Labute approximate surface area is 150 Å². The summed E-state index contributed by atoms with van der Waals surface area (Å²) in [4.78, 5) is 8.01. The molecule has 4 nitrogen and oxygen atoms in total. The maximum atomic E-state index is 13.3. The van der Waals surface area contributed by atoms with Crippen molar-refractivity contribution in [3.05, 3.63) is 22.7 Å². The van der Waals surface area contributed by atoms with Crippen LogP contribution in [0.15, 0.2) is 6.20 Å². The summed E-state index contributed by atoms with van der Waals surface area (Å²) in [5.74, 6) is 0.786. The molecule has 2 aromatic heterocycles. The van der Waals surface area contributed by atoms with Gasteiger partial charge in [0.25, 0.3) is 0 Å². The van der Waals surface area contributed by atoms with Gasteiger partial charge in [0.15, 0.2) is 5.15 Å². The van der Waals surface area contributed by atoms with Crippen LogP contribution < -0.4 is 0 Å². The van der Waals surface area contributed by atoms with Gasteiger partial charge in [-0.15, -0.1) is 0 Å². The highest BCUT2D eigenvalue weighted by Crippen LogP contribution is 2.43. The summed E-state index contributed by atoms with van der Waals surface area (Å²) in [6.07, 6.45) is -1.92. The summed E-state index contributed by atoms with van der Waals surface area (Å²) in [5.41, 5.74) is -0.774. The Morgan fingerprint density at radius 1 is 1.32 bits per heavy atom. The van der Waals surface area contributed by atoms with Crippen LogP contribution >= 0.6 is 11.6 Å². The van der Waals surface area contributed by atoms with Crippen molar-refractivity contribution in [2.45, 2.75) is 57.4 Å². The van der Waals surface area contributed by atoms with Gasteiger partial charge in [-0.1, -0.05) is 31.2 Å². The lowest BCUT2D eigenvalue weighted by Crippen LogP contribution is -2.22. The van der Waals surface area contributed by atoms with Crippen molar-refractivity contribution < 1.29 is 17.9 Å². The molecular formula is C16H21ClF3N3OSi. The Hall–Kier alpha value is -1.12. The van der Waals surface area contributed by atoms with E-state index in [4.69, 9.17) is 16.3 Å². The summed E-state index contributed by atoms with van der Waals surface area (Å²) in [6.45, 7) is 7.46. The lowest BCUT2D eigenvalue weighted by molar-refractivity contribution is -0.136. The molecule has 0 amide bonds. The van der Waals surface area contributed by atoms with Crippen LogP contribution in [0.25, 0.3) is 11.0 Å². The molecule has 9 heteroatoms. The van der Waals surface area contributed by atoms with Gasteiger partial charge in [-0.05, 0) is 18.9 Å². The first-order valence-corrected chi connectivity index (χ1v) is 12.4. The van der Waals surface area contributed by atoms with Crippen molar-refractivity contribution in [1.82, 2.24) is 14.5 Å².